The van der Waals surface area contributed by atoms with Crippen LogP contribution in [0.2, 0.25) is 0 Å². The highest BCUT2D eigenvalue weighted by Crippen LogP contribution is 2.43. The average Bonchev–Trinajstić information content (AvgIpc) is 3.59. The van der Waals surface area contributed by atoms with Crippen molar-refractivity contribution in [3.63, 3.8) is 0 Å². The number of pyridine rings is 1. The molecule has 9 heteroatoms. The van der Waals surface area contributed by atoms with Gasteiger partial charge in [-0.3, -0.25) is 4.98 Å². The van der Waals surface area contributed by atoms with Gasteiger partial charge >= 0.3 is 5.97 Å². The largest absolute Gasteiger partial charge is 0.478 e. The Labute approximate surface area is 225 Å². The zero-order chi connectivity index (χ0) is 26.1. The van der Waals surface area contributed by atoms with Crippen LogP contribution in [0, 0.1) is 0 Å². The molecule has 0 bridgehead atoms. The lowest BCUT2D eigenvalue weighted by molar-refractivity contribution is 0.0697. The van der Waals surface area contributed by atoms with Crippen LogP contribution in [0.3, 0.4) is 0 Å². The maximum atomic E-state index is 11.2. The van der Waals surface area contributed by atoms with Crippen LogP contribution in [0.15, 0.2) is 89.5 Å². The number of furan rings is 1. The number of benzene rings is 2. The second-order valence-corrected chi connectivity index (χ2v) is 9.58. The van der Waals surface area contributed by atoms with Crippen molar-refractivity contribution in [1.29, 1.82) is 0 Å². The van der Waals surface area contributed by atoms with Gasteiger partial charge in [0.25, 0.3) is 0 Å². The molecule has 6 rings (SSSR count). The molecule has 2 fully saturated rings. The summed E-state index contributed by atoms with van der Waals surface area (Å²) in [6.07, 6.45) is 1.77. The number of ether oxygens (including phenoxy) is 1. The van der Waals surface area contributed by atoms with Gasteiger partial charge in [-0.1, -0.05) is 18.2 Å². The molecule has 2 aromatic carbocycles. The second kappa shape index (κ2) is 10.3. The van der Waals surface area contributed by atoms with E-state index in [1.54, 1.807) is 30.5 Å². The van der Waals surface area contributed by atoms with Gasteiger partial charge in [0, 0.05) is 36.2 Å². The molecular weight excluding hydrogens is 500 g/mol. The lowest BCUT2D eigenvalue weighted by Crippen LogP contribution is -2.36. The summed E-state index contributed by atoms with van der Waals surface area (Å²) in [4.78, 5) is 20.2. The Balaban J connectivity index is 1.35. The van der Waals surface area contributed by atoms with Crippen molar-refractivity contribution < 1.29 is 19.1 Å². The van der Waals surface area contributed by atoms with Crippen LogP contribution < -0.4 is 15.1 Å². The van der Waals surface area contributed by atoms with Gasteiger partial charge in [-0.25, -0.2) is 4.79 Å². The van der Waals surface area contributed by atoms with Crippen molar-refractivity contribution in [2.75, 3.05) is 36.1 Å². The van der Waals surface area contributed by atoms with Crippen molar-refractivity contribution in [1.82, 2.24) is 10.3 Å². The highest BCUT2D eigenvalue weighted by atomic mass is 32.1. The van der Waals surface area contributed by atoms with Gasteiger partial charge in [-0.2, -0.15) is 0 Å². The van der Waals surface area contributed by atoms with Crippen LogP contribution >= 0.6 is 12.2 Å². The van der Waals surface area contributed by atoms with Crippen molar-refractivity contribution in [2.45, 2.75) is 12.1 Å². The zero-order valence-corrected chi connectivity index (χ0v) is 21.3. The SMILES string of the molecule is O=C(O)c1ccc(-c2ccc([C@@H]3[C@@H](c4ccccn4)NC(=S)N3c3ccc(N4CCOCC4)cc3)o2)cc1. The highest BCUT2D eigenvalue weighted by molar-refractivity contribution is 7.80. The molecule has 0 radical (unpaired) electrons. The first kappa shape index (κ1) is 24.1. The van der Waals surface area contributed by atoms with Gasteiger partial charge < -0.3 is 29.4 Å². The molecule has 8 nitrogen and oxygen atoms in total. The van der Waals surface area contributed by atoms with Crippen molar-refractivity contribution in [3.05, 3.63) is 102 Å². The van der Waals surface area contributed by atoms with E-state index in [2.05, 4.69) is 44.4 Å². The fourth-order valence-corrected chi connectivity index (χ4v) is 5.36. The summed E-state index contributed by atoms with van der Waals surface area (Å²) in [5.74, 6) is 0.412. The normalized spacial score (nSPS) is 19.4. The minimum Gasteiger partial charge on any atom is -0.478 e. The maximum absolute atomic E-state index is 11.2. The van der Waals surface area contributed by atoms with Crippen LogP contribution in [0.25, 0.3) is 11.3 Å². The van der Waals surface area contributed by atoms with Gasteiger partial charge in [0.1, 0.15) is 17.6 Å². The molecule has 2 aliphatic rings. The van der Waals surface area contributed by atoms with Gasteiger partial charge in [0.15, 0.2) is 5.11 Å². The Morgan fingerprint density at radius 3 is 2.37 bits per heavy atom. The van der Waals surface area contributed by atoms with Crippen LogP contribution in [-0.4, -0.2) is 47.5 Å². The van der Waals surface area contributed by atoms with E-state index >= 15 is 0 Å². The summed E-state index contributed by atoms with van der Waals surface area (Å²) in [5.41, 5.74) is 3.99. The molecule has 4 aromatic rings. The van der Waals surface area contributed by atoms with E-state index in [0.29, 0.717) is 10.9 Å². The summed E-state index contributed by atoms with van der Waals surface area (Å²) in [6, 6.07) is 24.2. The standard InChI is InChI=1S/C29H26N4O4S/c34-28(35)20-6-4-19(5-7-20)24-12-13-25(37-24)27-26(23-3-1-2-14-30-23)31-29(38)33(27)22-10-8-21(9-11-22)32-15-17-36-18-16-32/h1-14,26-27H,15-18H2,(H,31,38)(H,34,35)/t26-,27-/m1/s1. The molecule has 0 unspecified atom stereocenters. The number of anilines is 2. The number of aromatic nitrogens is 1. The molecule has 2 aliphatic heterocycles. The number of thiocarbonyl (C=S) groups is 1. The molecule has 0 saturated carbocycles. The Hall–Kier alpha value is -4.21. The first-order valence-electron chi connectivity index (χ1n) is 12.5. The molecule has 2 atom stereocenters. The predicted molar refractivity (Wildman–Crippen MR) is 149 cm³/mol. The summed E-state index contributed by atoms with van der Waals surface area (Å²) in [7, 11) is 0. The number of nitrogens with zero attached hydrogens (tertiary/aromatic N) is 3. The van der Waals surface area contributed by atoms with Crippen molar-refractivity contribution >= 4 is 34.7 Å². The summed E-state index contributed by atoms with van der Waals surface area (Å²) in [5, 5.41) is 13.3. The summed E-state index contributed by atoms with van der Waals surface area (Å²) < 4.78 is 11.9. The maximum Gasteiger partial charge on any atom is 0.335 e. The zero-order valence-electron chi connectivity index (χ0n) is 20.5. The number of aromatic carboxylic acids is 1. The molecule has 192 valence electrons. The van der Waals surface area contributed by atoms with Crippen molar-refractivity contribution in [3.8, 4) is 11.3 Å². The van der Waals surface area contributed by atoms with E-state index in [4.69, 9.17) is 21.4 Å². The van der Waals surface area contributed by atoms with Gasteiger partial charge in [0.05, 0.1) is 30.5 Å². The first-order chi connectivity index (χ1) is 18.6. The Bertz CT molecular complexity index is 1430. The van der Waals surface area contributed by atoms with Crippen LogP contribution in [-0.2, 0) is 4.74 Å². The number of hydrogen-bond acceptors (Lipinski definition) is 6. The smallest absolute Gasteiger partial charge is 0.335 e. The first-order valence-corrected chi connectivity index (χ1v) is 12.9. The molecule has 2 N–H and O–H groups in total. The number of carbonyl (C=O) groups is 1. The second-order valence-electron chi connectivity index (χ2n) is 9.20. The number of morpholine rings is 1. The quantitative estimate of drug-likeness (QED) is 0.335. The summed E-state index contributed by atoms with van der Waals surface area (Å²) in [6.45, 7) is 3.21. The Morgan fingerprint density at radius 1 is 0.947 bits per heavy atom. The van der Waals surface area contributed by atoms with Crippen LogP contribution in [0.5, 0.6) is 0 Å². The van der Waals surface area contributed by atoms with E-state index in [0.717, 1.165) is 54.7 Å². The van der Waals surface area contributed by atoms with E-state index in [9.17, 15) is 9.90 Å². The fraction of sp³-hybridized carbons (Fsp3) is 0.207. The molecule has 38 heavy (non-hydrogen) atoms. The lowest BCUT2D eigenvalue weighted by atomic mass is 10.0. The molecule has 0 amide bonds. The van der Waals surface area contributed by atoms with Crippen molar-refractivity contribution in [2.24, 2.45) is 0 Å². The summed E-state index contributed by atoms with van der Waals surface area (Å²) >= 11 is 5.84. The van der Waals surface area contributed by atoms with Gasteiger partial charge in [-0.15, -0.1) is 0 Å². The predicted octanol–water partition coefficient (Wildman–Crippen LogP) is 5.05. The average molecular weight is 527 g/mol. The molecule has 2 aromatic heterocycles. The molecule has 0 aliphatic carbocycles. The molecule has 0 spiro atoms. The minimum absolute atomic E-state index is 0.226. The molecule has 4 heterocycles. The minimum atomic E-state index is -0.962. The number of nitrogens with one attached hydrogen (secondary N) is 1. The fourth-order valence-electron chi connectivity index (χ4n) is 5.01. The third-order valence-electron chi connectivity index (χ3n) is 6.94. The third-order valence-corrected chi connectivity index (χ3v) is 7.25. The van der Waals surface area contributed by atoms with Gasteiger partial charge in [-0.05, 0) is 72.9 Å². The Morgan fingerprint density at radius 2 is 1.68 bits per heavy atom. The number of rotatable bonds is 6. The van der Waals surface area contributed by atoms with Crippen LogP contribution in [0.1, 0.15) is 33.9 Å². The van der Waals surface area contributed by atoms with E-state index in [1.165, 1.54) is 0 Å². The third kappa shape index (κ3) is 4.62. The topological polar surface area (TPSA) is 91.1 Å². The molecular formula is C29H26N4O4S. The van der Waals surface area contributed by atoms with E-state index in [-0.39, 0.29) is 17.6 Å². The number of carboxylic acids is 1. The van der Waals surface area contributed by atoms with E-state index in [1.807, 2.05) is 30.3 Å². The Kier molecular flexibility index (Phi) is 6.53. The number of hydrogen-bond donors (Lipinski definition) is 2. The highest BCUT2D eigenvalue weighted by Gasteiger charge is 2.42. The lowest BCUT2D eigenvalue weighted by Gasteiger charge is -2.30. The monoisotopic (exact) mass is 526 g/mol. The van der Waals surface area contributed by atoms with E-state index < -0.39 is 5.97 Å². The molecule has 2 saturated heterocycles. The van der Waals surface area contributed by atoms with Crippen LogP contribution in [0.4, 0.5) is 11.4 Å². The number of carboxylic acid groups (broad SMARTS) is 1. The van der Waals surface area contributed by atoms with Gasteiger partial charge in [0.2, 0.25) is 0 Å².